The Bertz CT molecular complexity index is 868. The number of fused-ring (bicyclic) bond motifs is 1. The van der Waals surface area contributed by atoms with Gasteiger partial charge in [0.15, 0.2) is 5.76 Å². The molecule has 1 heterocycles. The van der Waals surface area contributed by atoms with Gasteiger partial charge in [0.25, 0.3) is 0 Å². The zero-order valence-electron chi connectivity index (χ0n) is 12.2. The van der Waals surface area contributed by atoms with Gasteiger partial charge in [0.05, 0.1) is 15.7 Å². The molecule has 0 aliphatic carbocycles. The minimum Gasteiger partial charge on any atom is -0.454 e. The molecule has 0 aliphatic rings. The number of hydrogen-bond acceptors (Lipinski definition) is 2. The third kappa shape index (κ3) is 2.57. The molecule has 0 spiro atoms. The summed E-state index contributed by atoms with van der Waals surface area (Å²) in [5.74, 6) is 0.659. The van der Waals surface area contributed by atoms with Crippen molar-refractivity contribution in [2.24, 2.45) is 0 Å². The van der Waals surface area contributed by atoms with Crippen molar-refractivity contribution in [2.75, 3.05) is 5.75 Å². The van der Waals surface area contributed by atoms with Crippen LogP contribution in [0.5, 0.6) is 0 Å². The Morgan fingerprint density at radius 3 is 2.55 bits per heavy atom. The maximum absolute atomic E-state index is 13.1. The van der Waals surface area contributed by atoms with E-state index in [9.17, 15) is 8.60 Å². The van der Waals surface area contributed by atoms with Gasteiger partial charge >= 0.3 is 0 Å². The van der Waals surface area contributed by atoms with Crippen LogP contribution in [0.15, 0.2) is 45.7 Å². The second-order valence-corrected chi connectivity index (χ2v) is 7.11. The van der Waals surface area contributed by atoms with Gasteiger partial charge in [-0.15, -0.1) is 0 Å². The molecule has 1 atom stereocenters. The van der Waals surface area contributed by atoms with E-state index >= 15 is 0 Å². The van der Waals surface area contributed by atoms with Gasteiger partial charge in [0.2, 0.25) is 0 Å². The number of hydrogen-bond donors (Lipinski definition) is 0. The summed E-state index contributed by atoms with van der Waals surface area (Å²) in [6.07, 6.45) is 0. The van der Waals surface area contributed by atoms with Crippen LogP contribution in [-0.4, -0.2) is 9.96 Å². The van der Waals surface area contributed by atoms with Crippen LogP contribution < -0.4 is 0 Å². The molecule has 0 fully saturated rings. The van der Waals surface area contributed by atoms with Crippen LogP contribution in [0.1, 0.15) is 12.5 Å². The van der Waals surface area contributed by atoms with Crippen molar-refractivity contribution in [2.45, 2.75) is 18.7 Å². The smallest absolute Gasteiger partial charge is 0.151 e. The Morgan fingerprint density at radius 2 is 1.91 bits per heavy atom. The average molecular weight is 337 g/mol. The first-order valence-electron chi connectivity index (χ1n) is 6.88. The zero-order valence-corrected chi connectivity index (χ0v) is 13.7. The van der Waals surface area contributed by atoms with Crippen LogP contribution in [0, 0.1) is 12.7 Å². The van der Waals surface area contributed by atoms with E-state index in [1.807, 2.05) is 13.8 Å². The van der Waals surface area contributed by atoms with Gasteiger partial charge < -0.3 is 4.42 Å². The molecular weight excluding hydrogens is 323 g/mol. The maximum atomic E-state index is 13.1. The van der Waals surface area contributed by atoms with E-state index in [0.717, 1.165) is 10.9 Å². The summed E-state index contributed by atoms with van der Waals surface area (Å²) in [6.45, 7) is 3.74. The van der Waals surface area contributed by atoms with E-state index in [1.165, 1.54) is 12.1 Å². The standard InChI is InChI=1S/C17H14ClFO2S/c1-3-22(20)17-14-9-12(18)8-10(2)15(14)21-16(17)11-4-6-13(19)7-5-11/h4-9H,3H2,1-2H3/t22-/m0/s1. The number of halogens is 2. The lowest BCUT2D eigenvalue weighted by atomic mass is 10.1. The van der Waals surface area contributed by atoms with Crippen molar-refractivity contribution in [3.05, 3.63) is 52.8 Å². The van der Waals surface area contributed by atoms with Gasteiger partial charge in [-0.2, -0.15) is 0 Å². The summed E-state index contributed by atoms with van der Waals surface area (Å²) in [5, 5.41) is 1.33. The van der Waals surface area contributed by atoms with E-state index in [-0.39, 0.29) is 5.82 Å². The van der Waals surface area contributed by atoms with Crippen molar-refractivity contribution in [3.8, 4) is 11.3 Å². The molecular formula is C17H14ClFO2S. The van der Waals surface area contributed by atoms with Crippen LogP contribution >= 0.6 is 11.6 Å². The molecule has 0 N–H and O–H groups in total. The van der Waals surface area contributed by atoms with Crippen LogP contribution in [0.3, 0.4) is 0 Å². The Balaban J connectivity index is 2.36. The number of furan rings is 1. The average Bonchev–Trinajstić information content (AvgIpc) is 2.87. The van der Waals surface area contributed by atoms with E-state index in [0.29, 0.717) is 32.6 Å². The minimum absolute atomic E-state index is 0.322. The van der Waals surface area contributed by atoms with Crippen LogP contribution in [0.4, 0.5) is 4.39 Å². The van der Waals surface area contributed by atoms with E-state index < -0.39 is 10.8 Å². The Labute approximate surface area is 135 Å². The summed E-state index contributed by atoms with van der Waals surface area (Å²) in [6, 6.07) is 9.55. The van der Waals surface area contributed by atoms with Crippen LogP contribution in [0.25, 0.3) is 22.3 Å². The minimum atomic E-state index is -1.21. The van der Waals surface area contributed by atoms with Gasteiger partial charge in [-0.05, 0) is 48.9 Å². The fourth-order valence-corrected chi connectivity index (χ4v) is 3.79. The number of benzene rings is 2. The largest absolute Gasteiger partial charge is 0.454 e. The molecule has 0 amide bonds. The predicted octanol–water partition coefficient (Wildman–Crippen LogP) is 5.33. The SMILES string of the molecule is CC[S@](=O)c1c(-c2ccc(F)cc2)oc2c(C)cc(Cl)cc12. The summed E-state index contributed by atoms with van der Waals surface area (Å²) in [7, 11) is -1.21. The molecule has 3 aromatic rings. The van der Waals surface area contributed by atoms with E-state index in [2.05, 4.69) is 0 Å². The van der Waals surface area contributed by atoms with Crippen molar-refractivity contribution in [3.63, 3.8) is 0 Å². The first-order chi connectivity index (χ1) is 10.5. The molecule has 2 nitrogen and oxygen atoms in total. The second-order valence-electron chi connectivity index (χ2n) is 5.00. The normalized spacial score (nSPS) is 12.7. The third-order valence-corrected chi connectivity index (χ3v) is 5.09. The summed E-state index contributed by atoms with van der Waals surface area (Å²) < 4.78 is 31.6. The highest BCUT2D eigenvalue weighted by atomic mass is 35.5. The van der Waals surface area contributed by atoms with Gasteiger partial charge in [-0.3, -0.25) is 4.21 Å². The lowest BCUT2D eigenvalue weighted by Gasteiger charge is -2.02. The van der Waals surface area contributed by atoms with Crippen molar-refractivity contribution >= 4 is 33.4 Å². The predicted molar refractivity (Wildman–Crippen MR) is 88.3 cm³/mol. The van der Waals surface area contributed by atoms with Gasteiger partial charge in [-0.1, -0.05) is 18.5 Å². The van der Waals surface area contributed by atoms with Crippen molar-refractivity contribution in [1.82, 2.24) is 0 Å². The molecule has 22 heavy (non-hydrogen) atoms. The fraction of sp³-hybridized carbons (Fsp3) is 0.176. The molecule has 0 bridgehead atoms. The first kappa shape index (κ1) is 15.3. The highest BCUT2D eigenvalue weighted by Crippen LogP contribution is 2.38. The summed E-state index contributed by atoms with van der Waals surface area (Å²) in [5.41, 5.74) is 2.25. The summed E-state index contributed by atoms with van der Waals surface area (Å²) in [4.78, 5) is 0.620. The lowest BCUT2D eigenvalue weighted by molar-refractivity contribution is 0.616. The molecule has 5 heteroatoms. The molecule has 0 saturated heterocycles. The highest BCUT2D eigenvalue weighted by Gasteiger charge is 2.21. The lowest BCUT2D eigenvalue weighted by Crippen LogP contribution is -1.95. The highest BCUT2D eigenvalue weighted by molar-refractivity contribution is 7.85. The molecule has 114 valence electrons. The monoisotopic (exact) mass is 336 g/mol. The van der Waals surface area contributed by atoms with Gasteiger partial charge in [0.1, 0.15) is 11.4 Å². The maximum Gasteiger partial charge on any atom is 0.151 e. The van der Waals surface area contributed by atoms with E-state index in [4.69, 9.17) is 16.0 Å². The zero-order chi connectivity index (χ0) is 15.9. The molecule has 2 aromatic carbocycles. The third-order valence-electron chi connectivity index (χ3n) is 3.49. The molecule has 0 unspecified atom stereocenters. The van der Waals surface area contributed by atoms with Gasteiger partial charge in [-0.25, -0.2) is 4.39 Å². The van der Waals surface area contributed by atoms with Crippen LogP contribution in [0.2, 0.25) is 5.02 Å². The van der Waals surface area contributed by atoms with Crippen molar-refractivity contribution < 1.29 is 13.0 Å². The number of aryl methyl sites for hydroxylation is 1. The quantitative estimate of drug-likeness (QED) is 0.647. The molecule has 0 saturated carbocycles. The summed E-state index contributed by atoms with van der Waals surface area (Å²) >= 11 is 6.13. The second kappa shape index (κ2) is 5.86. The molecule has 3 rings (SSSR count). The van der Waals surface area contributed by atoms with E-state index in [1.54, 1.807) is 24.3 Å². The van der Waals surface area contributed by atoms with Crippen LogP contribution in [-0.2, 0) is 10.8 Å². The Hall–Kier alpha value is -1.65. The molecule has 0 radical (unpaired) electrons. The molecule has 0 aliphatic heterocycles. The molecule has 1 aromatic heterocycles. The Kier molecular flexibility index (Phi) is 4.06. The Morgan fingerprint density at radius 1 is 1.23 bits per heavy atom. The fourth-order valence-electron chi connectivity index (χ4n) is 2.47. The first-order valence-corrected chi connectivity index (χ1v) is 8.58. The topological polar surface area (TPSA) is 30.2 Å². The number of rotatable bonds is 3. The van der Waals surface area contributed by atoms with Gasteiger partial charge in [0, 0.05) is 21.7 Å². The van der Waals surface area contributed by atoms with Crippen molar-refractivity contribution in [1.29, 1.82) is 0 Å².